The average Bonchev–Trinajstić information content (AvgIpc) is 2.23. The maximum Gasteiger partial charge on any atom is 0.236 e. The number of aromatic hydroxyl groups is 1. The lowest BCUT2D eigenvalue weighted by Gasteiger charge is -2.19. The van der Waals surface area contributed by atoms with E-state index >= 15 is 0 Å². The lowest BCUT2D eigenvalue weighted by Crippen LogP contribution is -2.34. The molecule has 94 valence electrons. The zero-order valence-corrected chi connectivity index (χ0v) is 11.9. The molecular weight excluding hydrogens is 284 g/mol. The predicted octanol–water partition coefficient (Wildman–Crippen LogP) is 1.67. The number of phenolic OH excluding ortho intramolecular Hbond substituents is 1. The van der Waals surface area contributed by atoms with Gasteiger partial charge in [0.25, 0.3) is 0 Å². The number of halogens is 1. The van der Waals surface area contributed by atoms with Crippen molar-refractivity contribution in [2.75, 3.05) is 27.7 Å². The summed E-state index contributed by atoms with van der Waals surface area (Å²) in [6.45, 7) is 0.865. The third-order valence-electron chi connectivity index (χ3n) is 2.39. The van der Waals surface area contributed by atoms with Crippen molar-refractivity contribution in [3.8, 4) is 5.75 Å². The average molecular weight is 301 g/mol. The number of amides is 1. The van der Waals surface area contributed by atoms with E-state index in [1.165, 1.54) is 0 Å². The summed E-state index contributed by atoms with van der Waals surface area (Å²) < 4.78 is 0.914. The van der Waals surface area contributed by atoms with Crippen molar-refractivity contribution in [3.63, 3.8) is 0 Å². The zero-order valence-electron chi connectivity index (χ0n) is 10.3. The van der Waals surface area contributed by atoms with E-state index in [2.05, 4.69) is 15.9 Å². The summed E-state index contributed by atoms with van der Waals surface area (Å²) in [6.07, 6.45) is 0. The number of benzene rings is 1. The first-order chi connectivity index (χ1) is 7.90. The van der Waals surface area contributed by atoms with Crippen LogP contribution in [0.15, 0.2) is 22.7 Å². The van der Waals surface area contributed by atoms with E-state index in [9.17, 15) is 9.90 Å². The third-order valence-corrected chi connectivity index (χ3v) is 2.88. The normalized spacial score (nSPS) is 10.6. The Kier molecular flexibility index (Phi) is 4.96. The first-order valence-corrected chi connectivity index (χ1v) is 6.05. The van der Waals surface area contributed by atoms with Crippen LogP contribution in [0.2, 0.25) is 0 Å². The van der Waals surface area contributed by atoms with Crippen molar-refractivity contribution in [2.24, 2.45) is 0 Å². The van der Waals surface area contributed by atoms with E-state index in [1.54, 1.807) is 31.1 Å². The van der Waals surface area contributed by atoms with Gasteiger partial charge in [0, 0.05) is 30.7 Å². The van der Waals surface area contributed by atoms with E-state index < -0.39 is 0 Å². The maximum absolute atomic E-state index is 11.5. The molecule has 1 amide bonds. The fourth-order valence-corrected chi connectivity index (χ4v) is 1.81. The quantitative estimate of drug-likeness (QED) is 0.920. The molecule has 0 aliphatic rings. The lowest BCUT2D eigenvalue weighted by molar-refractivity contribution is -0.129. The van der Waals surface area contributed by atoms with Crippen LogP contribution < -0.4 is 0 Å². The molecule has 0 heterocycles. The molecule has 0 saturated heterocycles. The molecule has 0 radical (unpaired) electrons. The summed E-state index contributed by atoms with van der Waals surface area (Å²) in [4.78, 5) is 14.9. The predicted molar refractivity (Wildman–Crippen MR) is 70.8 cm³/mol. The number of carbonyl (C=O) groups excluding carboxylic acids is 1. The standard InChI is InChI=1S/C12H17BrN2O2/c1-14(2)12(17)8-15(3)7-9-6-10(13)4-5-11(9)16/h4-6,16H,7-8H2,1-3H3. The van der Waals surface area contributed by atoms with Crippen LogP contribution in [0.1, 0.15) is 5.56 Å². The molecule has 0 bridgehead atoms. The molecule has 0 saturated carbocycles. The Balaban J connectivity index is 2.64. The number of rotatable bonds is 4. The Hall–Kier alpha value is -1.07. The van der Waals surface area contributed by atoms with Crippen LogP contribution in [0.25, 0.3) is 0 Å². The van der Waals surface area contributed by atoms with Crippen LogP contribution in [0.3, 0.4) is 0 Å². The second-order valence-corrected chi connectivity index (χ2v) is 5.15. The molecule has 1 aromatic carbocycles. The van der Waals surface area contributed by atoms with Crippen molar-refractivity contribution in [1.82, 2.24) is 9.80 Å². The fraction of sp³-hybridized carbons (Fsp3) is 0.417. The summed E-state index contributed by atoms with van der Waals surface area (Å²) in [5.74, 6) is 0.291. The van der Waals surface area contributed by atoms with Gasteiger partial charge in [-0.05, 0) is 25.2 Å². The molecule has 0 fully saturated rings. The van der Waals surface area contributed by atoms with E-state index in [0.717, 1.165) is 10.0 Å². The molecule has 0 aliphatic heterocycles. The first-order valence-electron chi connectivity index (χ1n) is 5.26. The molecule has 1 aromatic rings. The van der Waals surface area contributed by atoms with Gasteiger partial charge in [-0.25, -0.2) is 0 Å². The highest BCUT2D eigenvalue weighted by Crippen LogP contribution is 2.22. The van der Waals surface area contributed by atoms with Gasteiger partial charge < -0.3 is 10.0 Å². The fourth-order valence-electron chi connectivity index (χ4n) is 1.40. The molecule has 0 aromatic heterocycles. The van der Waals surface area contributed by atoms with Gasteiger partial charge >= 0.3 is 0 Å². The number of carbonyl (C=O) groups is 1. The second kappa shape index (κ2) is 6.02. The van der Waals surface area contributed by atoms with Gasteiger partial charge in [0.2, 0.25) is 5.91 Å². The van der Waals surface area contributed by atoms with E-state index in [0.29, 0.717) is 13.1 Å². The molecule has 5 heteroatoms. The SMILES string of the molecule is CN(CC(=O)N(C)C)Cc1cc(Br)ccc1O. The van der Waals surface area contributed by atoms with Gasteiger partial charge in [0.15, 0.2) is 0 Å². The molecule has 4 nitrogen and oxygen atoms in total. The molecule has 0 atom stereocenters. The Bertz CT molecular complexity index is 407. The van der Waals surface area contributed by atoms with Gasteiger partial charge in [0.05, 0.1) is 6.54 Å². The highest BCUT2D eigenvalue weighted by molar-refractivity contribution is 9.10. The first kappa shape index (κ1) is 14.0. The van der Waals surface area contributed by atoms with Crippen molar-refractivity contribution in [2.45, 2.75) is 6.54 Å². The lowest BCUT2D eigenvalue weighted by atomic mass is 10.2. The molecular formula is C12H17BrN2O2. The van der Waals surface area contributed by atoms with E-state index in [4.69, 9.17) is 0 Å². The minimum Gasteiger partial charge on any atom is -0.508 e. The van der Waals surface area contributed by atoms with Crippen LogP contribution in [0, 0.1) is 0 Å². The molecule has 1 rings (SSSR count). The molecule has 0 spiro atoms. The summed E-state index contributed by atoms with van der Waals surface area (Å²) in [7, 11) is 5.31. The molecule has 0 unspecified atom stereocenters. The minimum atomic E-state index is 0.0435. The molecule has 0 aliphatic carbocycles. The van der Waals surface area contributed by atoms with Gasteiger partial charge in [-0.15, -0.1) is 0 Å². The number of phenols is 1. The van der Waals surface area contributed by atoms with Crippen molar-refractivity contribution in [1.29, 1.82) is 0 Å². The summed E-state index contributed by atoms with van der Waals surface area (Å²) >= 11 is 3.36. The van der Waals surface area contributed by atoms with E-state index in [-0.39, 0.29) is 11.7 Å². The highest BCUT2D eigenvalue weighted by atomic mass is 79.9. The van der Waals surface area contributed by atoms with Crippen LogP contribution >= 0.6 is 15.9 Å². The topological polar surface area (TPSA) is 43.8 Å². The summed E-state index contributed by atoms with van der Waals surface area (Å²) in [6, 6.07) is 5.27. The van der Waals surface area contributed by atoms with Crippen LogP contribution in [-0.4, -0.2) is 48.5 Å². The summed E-state index contributed by atoms with van der Waals surface area (Å²) in [5.41, 5.74) is 0.799. The zero-order chi connectivity index (χ0) is 13.0. The molecule has 1 N–H and O–H groups in total. The minimum absolute atomic E-state index is 0.0435. The Morgan fingerprint density at radius 3 is 2.59 bits per heavy atom. The van der Waals surface area contributed by atoms with Crippen molar-refractivity contribution in [3.05, 3.63) is 28.2 Å². The third kappa shape index (κ3) is 4.36. The van der Waals surface area contributed by atoms with Gasteiger partial charge in [-0.1, -0.05) is 15.9 Å². The van der Waals surface area contributed by atoms with Crippen LogP contribution in [0.5, 0.6) is 5.75 Å². The Morgan fingerprint density at radius 1 is 1.35 bits per heavy atom. The Morgan fingerprint density at radius 2 is 2.00 bits per heavy atom. The van der Waals surface area contributed by atoms with E-state index in [1.807, 2.05) is 18.0 Å². The van der Waals surface area contributed by atoms with Crippen molar-refractivity contribution < 1.29 is 9.90 Å². The number of nitrogens with zero attached hydrogens (tertiary/aromatic N) is 2. The van der Waals surface area contributed by atoms with Gasteiger partial charge in [-0.3, -0.25) is 9.69 Å². The smallest absolute Gasteiger partial charge is 0.236 e. The van der Waals surface area contributed by atoms with Crippen LogP contribution in [0.4, 0.5) is 0 Å². The maximum atomic E-state index is 11.5. The number of likely N-dealkylation sites (N-methyl/N-ethyl adjacent to an activating group) is 2. The number of hydrogen-bond donors (Lipinski definition) is 1. The number of hydrogen-bond acceptors (Lipinski definition) is 3. The monoisotopic (exact) mass is 300 g/mol. The van der Waals surface area contributed by atoms with Crippen molar-refractivity contribution >= 4 is 21.8 Å². The van der Waals surface area contributed by atoms with Crippen LogP contribution in [-0.2, 0) is 11.3 Å². The van der Waals surface area contributed by atoms with Gasteiger partial charge in [-0.2, -0.15) is 0 Å². The van der Waals surface area contributed by atoms with Gasteiger partial charge in [0.1, 0.15) is 5.75 Å². The largest absolute Gasteiger partial charge is 0.508 e. The summed E-state index contributed by atoms with van der Waals surface area (Å²) in [5, 5.41) is 9.68. The second-order valence-electron chi connectivity index (χ2n) is 4.23. The Labute approximate surface area is 110 Å². The molecule has 17 heavy (non-hydrogen) atoms. The highest BCUT2D eigenvalue weighted by Gasteiger charge is 2.10.